The van der Waals surface area contributed by atoms with Crippen LogP contribution in [-0.2, 0) is 26.0 Å². The van der Waals surface area contributed by atoms with Gasteiger partial charge in [-0.25, -0.2) is 8.42 Å². The zero-order chi connectivity index (χ0) is 25.5. The summed E-state index contributed by atoms with van der Waals surface area (Å²) in [5.41, 5.74) is 3.22. The van der Waals surface area contributed by atoms with Crippen molar-refractivity contribution in [3.05, 3.63) is 65.2 Å². The maximum Gasteiger partial charge on any atom is 0.244 e. The molecule has 2 aromatic rings. The molecule has 2 rings (SSSR count). The first-order valence-electron chi connectivity index (χ1n) is 11.6. The van der Waals surface area contributed by atoms with Crippen molar-refractivity contribution in [1.82, 2.24) is 10.2 Å². The number of aryl methyl sites for hydroxylation is 1. The molecule has 8 heteroatoms. The highest BCUT2D eigenvalue weighted by Gasteiger charge is 2.30. The van der Waals surface area contributed by atoms with Gasteiger partial charge in [0.25, 0.3) is 0 Å². The fraction of sp³-hybridized carbons (Fsp3) is 0.462. The second kappa shape index (κ2) is 12.0. The number of nitrogens with one attached hydrogen (secondary N) is 1. The Hall–Kier alpha value is -2.87. The van der Waals surface area contributed by atoms with E-state index < -0.39 is 22.0 Å². The summed E-state index contributed by atoms with van der Waals surface area (Å²) in [4.78, 5) is 27.9. The molecule has 0 aromatic heterocycles. The number of carbonyl (C=O) groups excluding carboxylic acids is 2. The van der Waals surface area contributed by atoms with E-state index in [-0.39, 0.29) is 18.5 Å². The van der Waals surface area contributed by atoms with Crippen LogP contribution < -0.4 is 9.62 Å². The third-order valence-corrected chi connectivity index (χ3v) is 7.30. The van der Waals surface area contributed by atoms with Gasteiger partial charge in [0.1, 0.15) is 12.6 Å². The molecule has 0 aliphatic carbocycles. The zero-order valence-corrected chi connectivity index (χ0v) is 21.9. The first-order valence-corrected chi connectivity index (χ1v) is 13.5. The van der Waals surface area contributed by atoms with E-state index in [9.17, 15) is 18.0 Å². The molecule has 0 saturated carbocycles. The van der Waals surface area contributed by atoms with Crippen molar-refractivity contribution < 1.29 is 18.0 Å². The van der Waals surface area contributed by atoms with Crippen LogP contribution in [0.2, 0.25) is 0 Å². The lowest BCUT2D eigenvalue weighted by molar-refractivity contribution is -0.139. The number of anilines is 1. The molecule has 2 amide bonds. The van der Waals surface area contributed by atoms with Gasteiger partial charge in [-0.3, -0.25) is 13.9 Å². The molecule has 0 bridgehead atoms. The number of hydrogen-bond donors (Lipinski definition) is 1. The first kappa shape index (κ1) is 27.4. The number of nitrogens with zero attached hydrogens (tertiary/aromatic N) is 2. The summed E-state index contributed by atoms with van der Waals surface area (Å²) in [6.45, 7) is 9.22. The van der Waals surface area contributed by atoms with E-state index in [1.165, 1.54) is 4.90 Å². The molecular weight excluding hydrogens is 450 g/mol. The van der Waals surface area contributed by atoms with Crippen LogP contribution in [0.1, 0.15) is 43.9 Å². The van der Waals surface area contributed by atoms with Crippen molar-refractivity contribution in [2.75, 3.05) is 23.7 Å². The fourth-order valence-corrected chi connectivity index (χ4v) is 4.54. The van der Waals surface area contributed by atoms with E-state index in [2.05, 4.69) is 5.32 Å². The Labute approximate surface area is 204 Å². The summed E-state index contributed by atoms with van der Waals surface area (Å²) in [5.74, 6) is -0.678. The van der Waals surface area contributed by atoms with Crippen LogP contribution in [0.4, 0.5) is 5.69 Å². The normalized spacial score (nSPS) is 13.1. The second-order valence-electron chi connectivity index (χ2n) is 8.81. The zero-order valence-electron chi connectivity index (χ0n) is 21.0. The number of amides is 2. The van der Waals surface area contributed by atoms with E-state index in [1.54, 1.807) is 19.1 Å². The average Bonchev–Trinajstić information content (AvgIpc) is 2.79. The van der Waals surface area contributed by atoms with Crippen LogP contribution in [0, 0.1) is 13.8 Å². The van der Waals surface area contributed by atoms with E-state index in [0.29, 0.717) is 18.7 Å². The summed E-state index contributed by atoms with van der Waals surface area (Å²) >= 11 is 0. The molecule has 0 radical (unpaired) electrons. The minimum atomic E-state index is -3.74. The van der Waals surface area contributed by atoms with E-state index in [1.807, 2.05) is 64.1 Å². The highest BCUT2D eigenvalue weighted by molar-refractivity contribution is 7.92. The highest BCUT2D eigenvalue weighted by Crippen LogP contribution is 2.25. The van der Waals surface area contributed by atoms with Crippen LogP contribution >= 0.6 is 0 Å². The smallest absolute Gasteiger partial charge is 0.244 e. The summed E-state index contributed by atoms with van der Waals surface area (Å²) in [6.07, 6.45) is 2.41. The predicted octanol–water partition coefficient (Wildman–Crippen LogP) is 3.44. The van der Waals surface area contributed by atoms with Gasteiger partial charge in [0.05, 0.1) is 11.9 Å². The third kappa shape index (κ3) is 7.32. The van der Waals surface area contributed by atoms with Gasteiger partial charge in [0.2, 0.25) is 21.8 Å². The van der Waals surface area contributed by atoms with Gasteiger partial charge in [-0.2, -0.15) is 0 Å². The van der Waals surface area contributed by atoms with Crippen molar-refractivity contribution in [3.8, 4) is 0 Å². The van der Waals surface area contributed by atoms with Crippen molar-refractivity contribution in [2.45, 2.75) is 59.5 Å². The Kier molecular flexibility index (Phi) is 9.67. The molecule has 2 aromatic carbocycles. The molecule has 1 N–H and O–H groups in total. The van der Waals surface area contributed by atoms with Gasteiger partial charge >= 0.3 is 0 Å². The lowest BCUT2D eigenvalue weighted by Crippen LogP contribution is -2.53. The van der Waals surface area contributed by atoms with E-state index in [0.717, 1.165) is 33.7 Å². The molecule has 0 saturated heterocycles. The lowest BCUT2D eigenvalue weighted by atomic mass is 10.1. The molecule has 0 heterocycles. The maximum atomic E-state index is 13.5. The summed E-state index contributed by atoms with van der Waals surface area (Å²) < 4.78 is 26.5. The number of hydrogen-bond acceptors (Lipinski definition) is 4. The van der Waals surface area contributed by atoms with Gasteiger partial charge < -0.3 is 10.2 Å². The van der Waals surface area contributed by atoms with Crippen LogP contribution in [0.15, 0.2) is 48.5 Å². The summed E-state index contributed by atoms with van der Waals surface area (Å²) in [6, 6.07) is 14.3. The van der Waals surface area contributed by atoms with E-state index in [4.69, 9.17) is 0 Å². The number of carbonyl (C=O) groups is 2. The SMILES string of the molecule is CC[C@@H](C)NC(=O)[C@H](C)N(CCc1ccccc1)C(=O)CN(c1cccc(C)c1C)S(C)(=O)=O. The van der Waals surface area contributed by atoms with E-state index >= 15 is 0 Å². The van der Waals surface area contributed by atoms with Crippen LogP contribution in [0.3, 0.4) is 0 Å². The third-order valence-electron chi connectivity index (χ3n) is 6.18. The molecule has 0 spiro atoms. The first-order chi connectivity index (χ1) is 16.0. The molecular formula is C26H37N3O4S. The predicted molar refractivity (Wildman–Crippen MR) is 137 cm³/mol. The van der Waals surface area contributed by atoms with Crippen LogP contribution in [-0.4, -0.2) is 56.6 Å². The molecule has 186 valence electrons. The van der Waals surface area contributed by atoms with Crippen molar-refractivity contribution in [1.29, 1.82) is 0 Å². The molecule has 34 heavy (non-hydrogen) atoms. The topological polar surface area (TPSA) is 86.8 Å². The standard InChI is InChI=1S/C26H37N3O4S/c1-7-20(3)27-26(31)22(5)28(17-16-23-13-9-8-10-14-23)25(30)18-29(34(6,32)33)24-15-11-12-19(2)21(24)4/h8-15,20,22H,7,16-18H2,1-6H3,(H,27,31)/t20-,22+/m1/s1. The van der Waals surface area contributed by atoms with Crippen molar-refractivity contribution in [2.24, 2.45) is 0 Å². The van der Waals surface area contributed by atoms with Crippen molar-refractivity contribution >= 4 is 27.5 Å². The molecule has 7 nitrogen and oxygen atoms in total. The Morgan fingerprint density at radius 2 is 1.65 bits per heavy atom. The number of rotatable bonds is 11. The molecule has 0 aliphatic heterocycles. The molecule has 0 fully saturated rings. The van der Waals surface area contributed by atoms with Gasteiger partial charge in [-0.05, 0) is 63.3 Å². The quantitative estimate of drug-likeness (QED) is 0.526. The Balaban J connectivity index is 2.35. The summed E-state index contributed by atoms with van der Waals surface area (Å²) in [5, 5.41) is 2.93. The second-order valence-corrected chi connectivity index (χ2v) is 10.7. The lowest BCUT2D eigenvalue weighted by Gasteiger charge is -2.32. The maximum absolute atomic E-state index is 13.5. The molecule has 0 aliphatic rings. The fourth-order valence-electron chi connectivity index (χ4n) is 3.64. The monoisotopic (exact) mass is 487 g/mol. The van der Waals surface area contributed by atoms with Crippen LogP contribution in [0.25, 0.3) is 0 Å². The Morgan fingerprint density at radius 3 is 2.24 bits per heavy atom. The highest BCUT2D eigenvalue weighted by atomic mass is 32.2. The average molecular weight is 488 g/mol. The van der Waals surface area contributed by atoms with Crippen molar-refractivity contribution in [3.63, 3.8) is 0 Å². The summed E-state index contributed by atoms with van der Waals surface area (Å²) in [7, 11) is -3.74. The van der Waals surface area contributed by atoms with Gasteiger partial charge in [-0.1, -0.05) is 49.4 Å². The van der Waals surface area contributed by atoms with Gasteiger partial charge in [0.15, 0.2) is 0 Å². The van der Waals surface area contributed by atoms with Gasteiger partial charge in [-0.15, -0.1) is 0 Å². The Bertz CT molecular complexity index is 1090. The number of benzene rings is 2. The minimum absolute atomic E-state index is 0.0245. The van der Waals surface area contributed by atoms with Crippen LogP contribution in [0.5, 0.6) is 0 Å². The number of sulfonamides is 1. The van der Waals surface area contributed by atoms with Gasteiger partial charge in [0, 0.05) is 12.6 Å². The molecule has 2 atom stereocenters. The molecule has 0 unspecified atom stereocenters. The largest absolute Gasteiger partial charge is 0.352 e. The Morgan fingerprint density at radius 1 is 1.00 bits per heavy atom. The minimum Gasteiger partial charge on any atom is -0.352 e.